The van der Waals surface area contributed by atoms with E-state index in [-0.39, 0.29) is 0 Å². The van der Waals surface area contributed by atoms with Gasteiger partial charge >= 0.3 is 0 Å². The first kappa shape index (κ1) is 19.6. The molecule has 0 spiro atoms. The van der Waals surface area contributed by atoms with E-state index in [1.54, 1.807) is 13.2 Å². The molecule has 26 heavy (non-hydrogen) atoms. The Bertz CT molecular complexity index is 659. The molecule has 0 aliphatic heterocycles. The van der Waals surface area contributed by atoms with Crippen molar-refractivity contribution in [2.24, 2.45) is 4.99 Å². The molecular formula is C20H28N4O2. The Morgan fingerprint density at radius 1 is 1.12 bits per heavy atom. The highest BCUT2D eigenvalue weighted by atomic mass is 16.5. The molecule has 2 N–H and O–H groups in total. The second kappa shape index (κ2) is 11.0. The molecule has 6 heteroatoms. The maximum atomic E-state index is 5.60. The number of pyridine rings is 1. The van der Waals surface area contributed by atoms with Crippen molar-refractivity contribution in [1.29, 1.82) is 0 Å². The van der Waals surface area contributed by atoms with Gasteiger partial charge in [-0.15, -0.1) is 0 Å². The van der Waals surface area contributed by atoms with E-state index >= 15 is 0 Å². The first-order valence-electron chi connectivity index (χ1n) is 8.94. The Morgan fingerprint density at radius 2 is 1.88 bits per heavy atom. The van der Waals surface area contributed by atoms with Gasteiger partial charge in [-0.1, -0.05) is 31.2 Å². The minimum absolute atomic E-state index is 0.383. The van der Waals surface area contributed by atoms with E-state index in [0.717, 1.165) is 23.7 Å². The summed E-state index contributed by atoms with van der Waals surface area (Å²) in [4.78, 5) is 8.54. The van der Waals surface area contributed by atoms with E-state index in [2.05, 4.69) is 34.5 Å². The van der Waals surface area contributed by atoms with Crippen molar-refractivity contribution in [2.75, 3.05) is 20.3 Å². The van der Waals surface area contributed by atoms with Crippen LogP contribution in [0.5, 0.6) is 11.6 Å². The second-order valence-corrected chi connectivity index (χ2v) is 5.89. The number of nitrogens with one attached hydrogen (secondary N) is 2. The van der Waals surface area contributed by atoms with Crippen molar-refractivity contribution in [3.8, 4) is 11.6 Å². The first-order valence-corrected chi connectivity index (χ1v) is 8.94. The molecule has 0 amide bonds. The third kappa shape index (κ3) is 7.01. The summed E-state index contributed by atoms with van der Waals surface area (Å²) in [5, 5.41) is 6.60. The molecule has 0 saturated heterocycles. The standard InChI is InChI=1S/C20H28N4O2/c1-4-16(2)24-20(21-3)23-15-17-10-11-19(22-14-17)26-13-12-25-18-8-6-5-7-9-18/h5-11,14,16H,4,12-13,15H2,1-3H3,(H2,21,23,24). The van der Waals surface area contributed by atoms with Gasteiger partial charge in [-0.3, -0.25) is 4.99 Å². The Labute approximate surface area is 155 Å². The normalized spacial score (nSPS) is 12.3. The topological polar surface area (TPSA) is 67.8 Å². The molecule has 0 saturated carbocycles. The third-order valence-electron chi connectivity index (χ3n) is 3.82. The maximum Gasteiger partial charge on any atom is 0.213 e. The van der Waals surface area contributed by atoms with Crippen LogP contribution in [-0.4, -0.2) is 37.2 Å². The molecule has 140 valence electrons. The van der Waals surface area contributed by atoms with Crippen LogP contribution in [-0.2, 0) is 6.54 Å². The monoisotopic (exact) mass is 356 g/mol. The molecule has 2 aromatic rings. The van der Waals surface area contributed by atoms with E-state index in [1.807, 2.05) is 42.5 Å². The molecule has 6 nitrogen and oxygen atoms in total. The molecular weight excluding hydrogens is 328 g/mol. The van der Waals surface area contributed by atoms with Crippen LogP contribution in [0, 0.1) is 0 Å². The first-order chi connectivity index (χ1) is 12.7. The molecule has 1 unspecified atom stereocenters. The summed E-state index contributed by atoms with van der Waals surface area (Å²) in [6.45, 7) is 5.85. The third-order valence-corrected chi connectivity index (χ3v) is 3.82. The number of guanidine groups is 1. The number of aromatic nitrogens is 1. The summed E-state index contributed by atoms with van der Waals surface area (Å²) in [6, 6.07) is 13.9. The lowest BCUT2D eigenvalue weighted by molar-refractivity contribution is 0.212. The van der Waals surface area contributed by atoms with Crippen molar-refractivity contribution in [1.82, 2.24) is 15.6 Å². The maximum absolute atomic E-state index is 5.60. The van der Waals surface area contributed by atoms with Crippen LogP contribution < -0.4 is 20.1 Å². The average molecular weight is 356 g/mol. The van der Waals surface area contributed by atoms with Gasteiger partial charge in [-0.2, -0.15) is 0 Å². The zero-order valence-corrected chi connectivity index (χ0v) is 15.7. The highest BCUT2D eigenvalue weighted by Crippen LogP contribution is 2.09. The minimum atomic E-state index is 0.383. The molecule has 0 radical (unpaired) electrons. The fraction of sp³-hybridized carbons (Fsp3) is 0.400. The van der Waals surface area contributed by atoms with Crippen molar-refractivity contribution in [2.45, 2.75) is 32.9 Å². The van der Waals surface area contributed by atoms with E-state index in [4.69, 9.17) is 9.47 Å². The highest BCUT2D eigenvalue weighted by molar-refractivity contribution is 5.79. The Kier molecular flexibility index (Phi) is 8.26. The zero-order chi connectivity index (χ0) is 18.6. The largest absolute Gasteiger partial charge is 0.490 e. The Hall–Kier alpha value is -2.76. The van der Waals surface area contributed by atoms with Crippen LogP contribution in [0.3, 0.4) is 0 Å². The molecule has 1 atom stereocenters. The zero-order valence-electron chi connectivity index (χ0n) is 15.7. The predicted molar refractivity (Wildman–Crippen MR) is 105 cm³/mol. The van der Waals surface area contributed by atoms with E-state index in [1.165, 1.54) is 0 Å². The van der Waals surface area contributed by atoms with Crippen molar-refractivity contribution < 1.29 is 9.47 Å². The lowest BCUT2D eigenvalue weighted by Gasteiger charge is -2.16. The molecule has 0 bridgehead atoms. The SMILES string of the molecule is CCC(C)NC(=NC)NCc1ccc(OCCOc2ccccc2)nc1. The number of rotatable bonds is 9. The number of hydrogen-bond acceptors (Lipinski definition) is 4. The van der Waals surface area contributed by atoms with E-state index in [9.17, 15) is 0 Å². The van der Waals surface area contributed by atoms with Gasteiger partial charge in [-0.05, 0) is 31.0 Å². The Morgan fingerprint density at radius 3 is 2.54 bits per heavy atom. The van der Waals surface area contributed by atoms with Crippen LogP contribution >= 0.6 is 0 Å². The Balaban J connectivity index is 1.70. The summed E-state index contributed by atoms with van der Waals surface area (Å²) in [5.41, 5.74) is 1.06. The number of benzene rings is 1. The fourth-order valence-electron chi connectivity index (χ4n) is 2.14. The number of nitrogens with zero attached hydrogens (tertiary/aromatic N) is 2. The number of hydrogen-bond donors (Lipinski definition) is 2. The van der Waals surface area contributed by atoms with Crippen LogP contribution in [0.25, 0.3) is 0 Å². The van der Waals surface area contributed by atoms with Crippen LogP contribution in [0.1, 0.15) is 25.8 Å². The molecule has 2 rings (SSSR count). The average Bonchev–Trinajstić information content (AvgIpc) is 2.70. The van der Waals surface area contributed by atoms with E-state index < -0.39 is 0 Å². The summed E-state index contributed by atoms with van der Waals surface area (Å²) in [7, 11) is 1.77. The van der Waals surface area contributed by atoms with Crippen LogP contribution in [0.15, 0.2) is 53.7 Å². The molecule has 0 aliphatic carbocycles. The molecule has 0 fully saturated rings. The van der Waals surface area contributed by atoms with Gasteiger partial charge in [-0.25, -0.2) is 4.98 Å². The second-order valence-electron chi connectivity index (χ2n) is 5.89. The summed E-state index contributed by atoms with van der Waals surface area (Å²) < 4.78 is 11.2. The number of aliphatic imine (C=N–C) groups is 1. The van der Waals surface area contributed by atoms with Crippen molar-refractivity contribution >= 4 is 5.96 Å². The summed E-state index contributed by atoms with van der Waals surface area (Å²) >= 11 is 0. The summed E-state index contributed by atoms with van der Waals surface area (Å²) in [6.07, 6.45) is 2.85. The van der Waals surface area contributed by atoms with Gasteiger partial charge < -0.3 is 20.1 Å². The molecule has 1 heterocycles. The summed E-state index contributed by atoms with van der Waals surface area (Å²) in [5.74, 6) is 2.22. The highest BCUT2D eigenvalue weighted by Gasteiger charge is 2.03. The van der Waals surface area contributed by atoms with Gasteiger partial charge in [0, 0.05) is 31.9 Å². The minimum Gasteiger partial charge on any atom is -0.490 e. The van der Waals surface area contributed by atoms with Gasteiger partial charge in [0.05, 0.1) is 0 Å². The lowest BCUT2D eigenvalue weighted by atomic mass is 10.2. The van der Waals surface area contributed by atoms with Crippen LogP contribution in [0.2, 0.25) is 0 Å². The van der Waals surface area contributed by atoms with Gasteiger partial charge in [0.1, 0.15) is 19.0 Å². The fourth-order valence-corrected chi connectivity index (χ4v) is 2.14. The van der Waals surface area contributed by atoms with E-state index in [0.29, 0.717) is 31.7 Å². The number of para-hydroxylation sites is 1. The lowest BCUT2D eigenvalue weighted by Crippen LogP contribution is -2.41. The number of ether oxygens (including phenoxy) is 2. The predicted octanol–water partition coefficient (Wildman–Crippen LogP) is 3.00. The van der Waals surface area contributed by atoms with Crippen molar-refractivity contribution in [3.63, 3.8) is 0 Å². The molecule has 1 aromatic heterocycles. The molecule has 0 aliphatic rings. The van der Waals surface area contributed by atoms with Gasteiger partial charge in [0.15, 0.2) is 5.96 Å². The molecule has 1 aromatic carbocycles. The van der Waals surface area contributed by atoms with Crippen molar-refractivity contribution in [3.05, 3.63) is 54.2 Å². The van der Waals surface area contributed by atoms with Gasteiger partial charge in [0.2, 0.25) is 5.88 Å². The smallest absolute Gasteiger partial charge is 0.213 e. The van der Waals surface area contributed by atoms with Crippen LogP contribution in [0.4, 0.5) is 0 Å². The van der Waals surface area contributed by atoms with Gasteiger partial charge in [0.25, 0.3) is 0 Å². The quantitative estimate of drug-likeness (QED) is 0.411.